The lowest BCUT2D eigenvalue weighted by molar-refractivity contribution is -0.130. The highest BCUT2D eigenvalue weighted by Gasteiger charge is 2.38. The summed E-state index contributed by atoms with van der Waals surface area (Å²) in [7, 11) is 0. The minimum atomic E-state index is -0.194. The van der Waals surface area contributed by atoms with Crippen molar-refractivity contribution in [1.82, 2.24) is 10.2 Å². The first kappa shape index (κ1) is 14.5. The normalized spacial score (nSPS) is 29.3. The van der Waals surface area contributed by atoms with Crippen molar-refractivity contribution < 1.29 is 9.53 Å². The second-order valence-corrected chi connectivity index (χ2v) is 5.89. The lowest BCUT2D eigenvalue weighted by Gasteiger charge is -2.24. The van der Waals surface area contributed by atoms with E-state index in [2.05, 4.69) is 12.2 Å². The number of nitrogens with zero attached hydrogens (tertiary/aromatic N) is 1. The fourth-order valence-corrected chi connectivity index (χ4v) is 3.32. The third-order valence-corrected chi connectivity index (χ3v) is 4.50. The van der Waals surface area contributed by atoms with Crippen molar-refractivity contribution in [2.45, 2.75) is 50.9 Å². The Morgan fingerprint density at radius 2 is 2.14 bits per heavy atom. The van der Waals surface area contributed by atoms with Gasteiger partial charge in [-0.1, -0.05) is 37.3 Å². The molecule has 0 aromatic heterocycles. The summed E-state index contributed by atoms with van der Waals surface area (Å²) in [5, 5.41) is 3.47. The third kappa shape index (κ3) is 3.11. The standard InChI is InChI=1S/C17H24N2O2/c1-2-15-18-16(13-7-4-3-5-8-13)17(20)19(15)11-10-14-9-6-12-21-14/h3-5,7-8,14-16,18H,2,6,9-12H2,1H3. The Balaban J connectivity index is 1.66. The summed E-state index contributed by atoms with van der Waals surface area (Å²) in [4.78, 5) is 14.7. The first-order valence-corrected chi connectivity index (χ1v) is 8.02. The van der Waals surface area contributed by atoms with Crippen LogP contribution >= 0.6 is 0 Å². The Bertz CT molecular complexity index is 471. The number of carbonyl (C=O) groups is 1. The van der Waals surface area contributed by atoms with E-state index < -0.39 is 0 Å². The molecule has 0 spiro atoms. The van der Waals surface area contributed by atoms with E-state index in [0.29, 0.717) is 6.10 Å². The number of carbonyl (C=O) groups excluding carboxylic acids is 1. The maximum Gasteiger partial charge on any atom is 0.245 e. The van der Waals surface area contributed by atoms with Crippen LogP contribution in [0.2, 0.25) is 0 Å². The quantitative estimate of drug-likeness (QED) is 0.905. The molecule has 3 rings (SSSR count). The van der Waals surface area contributed by atoms with Crippen molar-refractivity contribution in [2.75, 3.05) is 13.2 Å². The average Bonchev–Trinajstić information content (AvgIpc) is 3.14. The Morgan fingerprint density at radius 1 is 1.33 bits per heavy atom. The molecule has 2 fully saturated rings. The van der Waals surface area contributed by atoms with Gasteiger partial charge < -0.3 is 9.64 Å². The molecule has 2 saturated heterocycles. The van der Waals surface area contributed by atoms with Crippen molar-refractivity contribution >= 4 is 5.91 Å². The number of ether oxygens (including phenoxy) is 1. The van der Waals surface area contributed by atoms with E-state index in [1.54, 1.807) is 0 Å². The number of hydrogen-bond acceptors (Lipinski definition) is 3. The van der Waals surface area contributed by atoms with Crippen LogP contribution in [0.4, 0.5) is 0 Å². The largest absolute Gasteiger partial charge is 0.378 e. The molecule has 1 N–H and O–H groups in total. The second kappa shape index (κ2) is 6.58. The first-order chi connectivity index (χ1) is 10.3. The van der Waals surface area contributed by atoms with Gasteiger partial charge in [0, 0.05) is 13.2 Å². The van der Waals surface area contributed by atoms with Gasteiger partial charge in [0.15, 0.2) is 0 Å². The van der Waals surface area contributed by atoms with E-state index >= 15 is 0 Å². The summed E-state index contributed by atoms with van der Waals surface area (Å²) in [6, 6.07) is 9.80. The fraction of sp³-hybridized carbons (Fsp3) is 0.588. The molecule has 0 radical (unpaired) electrons. The van der Waals surface area contributed by atoms with Crippen LogP contribution in [0.3, 0.4) is 0 Å². The highest BCUT2D eigenvalue weighted by Crippen LogP contribution is 2.26. The molecule has 1 amide bonds. The maximum absolute atomic E-state index is 12.7. The molecular formula is C17H24N2O2. The van der Waals surface area contributed by atoms with Gasteiger partial charge in [0.2, 0.25) is 5.91 Å². The monoisotopic (exact) mass is 288 g/mol. The van der Waals surface area contributed by atoms with Gasteiger partial charge >= 0.3 is 0 Å². The van der Waals surface area contributed by atoms with Gasteiger partial charge in [0.25, 0.3) is 0 Å². The van der Waals surface area contributed by atoms with Gasteiger partial charge in [-0.25, -0.2) is 0 Å². The van der Waals surface area contributed by atoms with Crippen LogP contribution in [0.1, 0.15) is 44.2 Å². The highest BCUT2D eigenvalue weighted by molar-refractivity contribution is 5.85. The Labute approximate surface area is 126 Å². The van der Waals surface area contributed by atoms with Crippen LogP contribution in [0, 0.1) is 0 Å². The number of benzene rings is 1. The second-order valence-electron chi connectivity index (χ2n) is 5.89. The predicted molar refractivity (Wildman–Crippen MR) is 81.7 cm³/mol. The van der Waals surface area contributed by atoms with E-state index in [-0.39, 0.29) is 18.1 Å². The molecule has 2 aliphatic heterocycles. The predicted octanol–water partition coefficient (Wildman–Crippen LogP) is 2.46. The fourth-order valence-electron chi connectivity index (χ4n) is 3.32. The zero-order valence-electron chi connectivity index (χ0n) is 12.6. The molecule has 114 valence electrons. The topological polar surface area (TPSA) is 41.6 Å². The lowest BCUT2D eigenvalue weighted by Crippen LogP contribution is -2.38. The molecular weight excluding hydrogens is 264 g/mol. The van der Waals surface area contributed by atoms with E-state index in [1.165, 1.54) is 0 Å². The molecule has 2 heterocycles. The maximum atomic E-state index is 12.7. The Kier molecular flexibility index (Phi) is 4.56. The molecule has 2 aliphatic rings. The summed E-state index contributed by atoms with van der Waals surface area (Å²) in [5.74, 6) is 0.200. The minimum Gasteiger partial charge on any atom is -0.378 e. The van der Waals surface area contributed by atoms with Crippen LogP contribution in [-0.4, -0.2) is 36.2 Å². The molecule has 0 bridgehead atoms. The van der Waals surface area contributed by atoms with Crippen LogP contribution in [0.25, 0.3) is 0 Å². The molecule has 1 aromatic rings. The Hall–Kier alpha value is -1.39. The van der Waals surface area contributed by atoms with Crippen LogP contribution in [0.5, 0.6) is 0 Å². The molecule has 3 unspecified atom stereocenters. The molecule has 3 atom stereocenters. The summed E-state index contributed by atoms with van der Waals surface area (Å²) in [6.07, 6.45) is 4.65. The van der Waals surface area contributed by atoms with Crippen molar-refractivity contribution in [1.29, 1.82) is 0 Å². The number of rotatable bonds is 5. The molecule has 0 aliphatic carbocycles. The van der Waals surface area contributed by atoms with Crippen LogP contribution in [-0.2, 0) is 9.53 Å². The zero-order chi connectivity index (χ0) is 14.7. The number of nitrogens with one attached hydrogen (secondary N) is 1. The van der Waals surface area contributed by atoms with E-state index in [9.17, 15) is 4.79 Å². The summed E-state index contributed by atoms with van der Waals surface area (Å²) >= 11 is 0. The van der Waals surface area contributed by atoms with Gasteiger partial charge in [-0.3, -0.25) is 10.1 Å². The summed E-state index contributed by atoms with van der Waals surface area (Å²) in [6.45, 7) is 3.79. The molecule has 4 nitrogen and oxygen atoms in total. The number of amides is 1. The van der Waals surface area contributed by atoms with Crippen molar-refractivity contribution in [3.05, 3.63) is 35.9 Å². The Morgan fingerprint density at radius 3 is 2.81 bits per heavy atom. The van der Waals surface area contributed by atoms with Gasteiger partial charge in [0.1, 0.15) is 6.04 Å². The van der Waals surface area contributed by atoms with Gasteiger partial charge in [0.05, 0.1) is 12.3 Å². The van der Waals surface area contributed by atoms with Crippen molar-refractivity contribution in [2.24, 2.45) is 0 Å². The molecule has 21 heavy (non-hydrogen) atoms. The lowest BCUT2D eigenvalue weighted by atomic mass is 10.1. The van der Waals surface area contributed by atoms with E-state index in [1.807, 2.05) is 35.2 Å². The first-order valence-electron chi connectivity index (χ1n) is 8.02. The van der Waals surface area contributed by atoms with Crippen LogP contribution < -0.4 is 5.32 Å². The van der Waals surface area contributed by atoms with Crippen molar-refractivity contribution in [3.63, 3.8) is 0 Å². The van der Waals surface area contributed by atoms with Gasteiger partial charge in [-0.2, -0.15) is 0 Å². The van der Waals surface area contributed by atoms with E-state index in [0.717, 1.165) is 44.4 Å². The van der Waals surface area contributed by atoms with E-state index in [4.69, 9.17) is 4.74 Å². The summed E-state index contributed by atoms with van der Waals surface area (Å²) in [5.41, 5.74) is 1.06. The number of hydrogen-bond donors (Lipinski definition) is 1. The van der Waals surface area contributed by atoms with Crippen LogP contribution in [0.15, 0.2) is 30.3 Å². The van der Waals surface area contributed by atoms with Gasteiger partial charge in [-0.15, -0.1) is 0 Å². The smallest absolute Gasteiger partial charge is 0.245 e. The minimum absolute atomic E-state index is 0.143. The average molecular weight is 288 g/mol. The SMILES string of the molecule is CCC1NC(c2ccccc2)C(=O)N1CCC1CCCO1. The highest BCUT2D eigenvalue weighted by atomic mass is 16.5. The molecule has 1 aromatic carbocycles. The summed E-state index contributed by atoms with van der Waals surface area (Å²) < 4.78 is 5.67. The molecule has 0 saturated carbocycles. The zero-order valence-corrected chi connectivity index (χ0v) is 12.6. The van der Waals surface area contributed by atoms with Gasteiger partial charge in [-0.05, 0) is 31.2 Å². The third-order valence-electron chi connectivity index (χ3n) is 4.50. The van der Waals surface area contributed by atoms with Crippen molar-refractivity contribution in [3.8, 4) is 0 Å². The molecule has 4 heteroatoms.